The second kappa shape index (κ2) is 7.24. The van der Waals surface area contributed by atoms with Crippen LogP contribution in [0, 0.1) is 29.5 Å². The maximum Gasteiger partial charge on any atom is 0.254 e. The first-order chi connectivity index (χ1) is 10.1. The molecule has 1 aromatic rings. The lowest BCUT2D eigenvalue weighted by molar-refractivity contribution is 0.0940. The average Bonchev–Trinajstić information content (AvgIpc) is 2.89. The van der Waals surface area contributed by atoms with Crippen molar-refractivity contribution in [3.63, 3.8) is 0 Å². The van der Waals surface area contributed by atoms with E-state index in [9.17, 15) is 9.18 Å². The molecule has 0 heterocycles. The van der Waals surface area contributed by atoms with Crippen LogP contribution in [0.5, 0.6) is 0 Å². The Hall–Kier alpha value is -1.86. The minimum atomic E-state index is -0.554. The van der Waals surface area contributed by atoms with E-state index in [0.29, 0.717) is 23.9 Å². The van der Waals surface area contributed by atoms with Gasteiger partial charge in [0.1, 0.15) is 12.4 Å². The zero-order chi connectivity index (χ0) is 15.2. The molecule has 0 saturated heterocycles. The lowest BCUT2D eigenvalue weighted by Crippen LogP contribution is -2.30. The van der Waals surface area contributed by atoms with Gasteiger partial charge in [0.25, 0.3) is 5.91 Å². The third-order valence-corrected chi connectivity index (χ3v) is 4.09. The molecule has 1 aliphatic carbocycles. The Morgan fingerprint density at radius 2 is 2.29 bits per heavy atom. The van der Waals surface area contributed by atoms with Gasteiger partial charge in [-0.3, -0.25) is 4.79 Å². The number of aliphatic hydroxyl groups excluding tert-OH is 1. The lowest BCUT2D eigenvalue weighted by atomic mass is 9.98. The van der Waals surface area contributed by atoms with Gasteiger partial charge in [-0.25, -0.2) is 4.39 Å². The number of hydrogen-bond donors (Lipinski definition) is 2. The molecule has 0 bridgehead atoms. The van der Waals surface area contributed by atoms with Gasteiger partial charge in [-0.05, 0) is 36.5 Å². The number of benzene rings is 1. The van der Waals surface area contributed by atoms with Gasteiger partial charge < -0.3 is 10.4 Å². The predicted octanol–water partition coefficient (Wildman–Crippen LogP) is 2.34. The van der Waals surface area contributed by atoms with Crippen LogP contribution in [0.1, 0.15) is 42.1 Å². The molecule has 2 unspecified atom stereocenters. The molecule has 0 aromatic heterocycles. The second-order valence-corrected chi connectivity index (χ2v) is 5.53. The molecule has 2 rings (SSSR count). The summed E-state index contributed by atoms with van der Waals surface area (Å²) in [5.41, 5.74) is 0.523. The molecule has 0 radical (unpaired) electrons. The Morgan fingerprint density at radius 1 is 1.48 bits per heavy atom. The van der Waals surface area contributed by atoms with Crippen molar-refractivity contribution in [2.45, 2.75) is 26.2 Å². The Morgan fingerprint density at radius 3 is 2.95 bits per heavy atom. The predicted molar refractivity (Wildman–Crippen MR) is 79.2 cm³/mol. The Balaban J connectivity index is 2.04. The Kier molecular flexibility index (Phi) is 5.35. The largest absolute Gasteiger partial charge is 0.384 e. The summed E-state index contributed by atoms with van der Waals surface area (Å²) in [6.45, 7) is 2.51. The first kappa shape index (κ1) is 15.5. The van der Waals surface area contributed by atoms with Crippen molar-refractivity contribution in [1.29, 1.82) is 0 Å². The summed E-state index contributed by atoms with van der Waals surface area (Å²) in [6, 6.07) is 4.15. The maximum absolute atomic E-state index is 13.8. The molecule has 0 spiro atoms. The molecule has 4 heteroatoms. The molecule has 1 fully saturated rings. The fourth-order valence-corrected chi connectivity index (χ4v) is 2.76. The van der Waals surface area contributed by atoms with E-state index in [-0.39, 0.29) is 12.2 Å². The molecule has 2 N–H and O–H groups in total. The molecule has 0 aliphatic heterocycles. The second-order valence-electron chi connectivity index (χ2n) is 5.53. The summed E-state index contributed by atoms with van der Waals surface area (Å²) >= 11 is 0. The van der Waals surface area contributed by atoms with E-state index < -0.39 is 11.7 Å². The third kappa shape index (κ3) is 4.05. The van der Waals surface area contributed by atoms with E-state index in [0.717, 1.165) is 6.42 Å². The Bertz CT molecular complexity index is 574. The minimum absolute atomic E-state index is 0.00499. The smallest absolute Gasteiger partial charge is 0.254 e. The van der Waals surface area contributed by atoms with Crippen LogP contribution in [0.4, 0.5) is 4.39 Å². The van der Waals surface area contributed by atoms with Crippen molar-refractivity contribution in [1.82, 2.24) is 5.32 Å². The number of rotatable bonds is 3. The number of carbonyl (C=O) groups is 1. The average molecular weight is 289 g/mol. The highest BCUT2D eigenvalue weighted by molar-refractivity contribution is 5.94. The quantitative estimate of drug-likeness (QED) is 0.839. The molecule has 112 valence electrons. The van der Waals surface area contributed by atoms with Gasteiger partial charge in [-0.15, -0.1) is 0 Å². The van der Waals surface area contributed by atoms with Crippen LogP contribution in [-0.4, -0.2) is 24.2 Å². The molecular weight excluding hydrogens is 269 g/mol. The Labute approximate surface area is 124 Å². The minimum Gasteiger partial charge on any atom is -0.384 e. The standard InChI is InChI=1S/C17H20FNO2/c1-12-4-2-6-14(12)11-19-17(21)15-10-13(5-3-9-20)7-8-16(15)18/h7-8,10,12,14,20H,2,4,6,9,11H2,1H3,(H,19,21). The lowest BCUT2D eigenvalue weighted by Gasteiger charge is -2.16. The van der Waals surface area contributed by atoms with Gasteiger partial charge in [0, 0.05) is 12.1 Å². The zero-order valence-electron chi connectivity index (χ0n) is 12.2. The number of carbonyl (C=O) groups excluding carboxylic acids is 1. The first-order valence-corrected chi connectivity index (χ1v) is 7.29. The third-order valence-electron chi connectivity index (χ3n) is 4.09. The summed E-state index contributed by atoms with van der Waals surface area (Å²) in [7, 11) is 0. The SMILES string of the molecule is CC1CCCC1CNC(=O)c1cc(C#CCO)ccc1F. The molecular formula is C17H20FNO2. The van der Waals surface area contributed by atoms with E-state index in [1.807, 2.05) is 0 Å². The van der Waals surface area contributed by atoms with Crippen molar-refractivity contribution < 1.29 is 14.3 Å². The summed E-state index contributed by atoms with van der Waals surface area (Å²) in [5.74, 6) is 5.29. The topological polar surface area (TPSA) is 49.3 Å². The van der Waals surface area contributed by atoms with Gasteiger partial charge in [0.05, 0.1) is 5.56 Å². The highest BCUT2D eigenvalue weighted by Crippen LogP contribution is 2.30. The molecule has 2 atom stereocenters. The molecule has 1 aliphatic rings. The highest BCUT2D eigenvalue weighted by atomic mass is 19.1. The van der Waals surface area contributed by atoms with Crippen LogP contribution in [-0.2, 0) is 0 Å². The highest BCUT2D eigenvalue weighted by Gasteiger charge is 2.24. The molecule has 1 saturated carbocycles. The van der Waals surface area contributed by atoms with Gasteiger partial charge >= 0.3 is 0 Å². The number of aliphatic hydroxyl groups is 1. The number of hydrogen-bond acceptors (Lipinski definition) is 2. The monoisotopic (exact) mass is 289 g/mol. The van der Waals surface area contributed by atoms with Crippen LogP contribution in [0.2, 0.25) is 0 Å². The fourth-order valence-electron chi connectivity index (χ4n) is 2.76. The van der Waals surface area contributed by atoms with Crippen LogP contribution in [0.3, 0.4) is 0 Å². The summed E-state index contributed by atoms with van der Waals surface area (Å²) in [5, 5.41) is 11.5. The van der Waals surface area contributed by atoms with Gasteiger partial charge in [0.15, 0.2) is 0 Å². The molecule has 3 nitrogen and oxygen atoms in total. The van der Waals surface area contributed by atoms with E-state index in [1.54, 1.807) is 0 Å². The van der Waals surface area contributed by atoms with Crippen molar-refractivity contribution in [2.75, 3.05) is 13.2 Å². The fraction of sp³-hybridized carbons (Fsp3) is 0.471. The normalized spacial score (nSPS) is 20.7. The summed E-state index contributed by atoms with van der Waals surface area (Å²) in [4.78, 5) is 12.1. The summed E-state index contributed by atoms with van der Waals surface area (Å²) < 4.78 is 13.8. The number of halogens is 1. The van der Waals surface area contributed by atoms with Crippen LogP contribution in [0.15, 0.2) is 18.2 Å². The van der Waals surface area contributed by atoms with Crippen LogP contribution >= 0.6 is 0 Å². The molecule has 1 amide bonds. The number of nitrogens with one attached hydrogen (secondary N) is 1. The van der Waals surface area contributed by atoms with E-state index in [1.165, 1.54) is 31.0 Å². The van der Waals surface area contributed by atoms with Gasteiger partial charge in [-0.2, -0.15) is 0 Å². The van der Waals surface area contributed by atoms with Crippen molar-refractivity contribution in [2.24, 2.45) is 11.8 Å². The maximum atomic E-state index is 13.8. The van der Waals surface area contributed by atoms with Gasteiger partial charge in [0.2, 0.25) is 0 Å². The van der Waals surface area contributed by atoms with Crippen molar-refractivity contribution in [3.05, 3.63) is 35.1 Å². The van der Waals surface area contributed by atoms with Crippen molar-refractivity contribution >= 4 is 5.91 Å². The molecule has 1 aromatic carbocycles. The van der Waals surface area contributed by atoms with Crippen LogP contribution < -0.4 is 5.32 Å². The van der Waals surface area contributed by atoms with E-state index >= 15 is 0 Å². The van der Waals surface area contributed by atoms with E-state index in [2.05, 4.69) is 24.1 Å². The zero-order valence-corrected chi connectivity index (χ0v) is 12.2. The van der Waals surface area contributed by atoms with Gasteiger partial charge in [-0.1, -0.05) is 31.6 Å². The molecule has 21 heavy (non-hydrogen) atoms. The number of amides is 1. The first-order valence-electron chi connectivity index (χ1n) is 7.29. The summed E-state index contributed by atoms with van der Waals surface area (Å²) in [6.07, 6.45) is 3.51. The van der Waals surface area contributed by atoms with E-state index in [4.69, 9.17) is 5.11 Å². The van der Waals surface area contributed by atoms with Crippen LogP contribution in [0.25, 0.3) is 0 Å². The van der Waals surface area contributed by atoms with Crippen molar-refractivity contribution in [3.8, 4) is 11.8 Å².